The number of carbonyl (C=O) groups is 1. The standard InChI is InChI=1S/C12H18N6O2/c1-4-13-12-16-9(8-6-14-18-10(8)17-12)15-7(3)11(19)20-5-2/h6-7H,4-5H2,1-3H3,(H3,13,14,15,16,17,18). The maximum Gasteiger partial charge on any atom is 0.328 e. The lowest BCUT2D eigenvalue weighted by molar-refractivity contribution is -0.143. The fraction of sp³-hybridized carbons (Fsp3) is 0.500. The van der Waals surface area contributed by atoms with E-state index in [4.69, 9.17) is 4.74 Å². The van der Waals surface area contributed by atoms with Gasteiger partial charge in [-0.05, 0) is 20.8 Å². The SMILES string of the molecule is CCNc1nc(NC(C)C(=O)OCC)c2cn[nH]c2n1. The number of hydrogen-bond acceptors (Lipinski definition) is 7. The molecule has 0 bridgehead atoms. The fourth-order valence-corrected chi connectivity index (χ4v) is 1.71. The Bertz CT molecular complexity index is 597. The summed E-state index contributed by atoms with van der Waals surface area (Å²) in [4.78, 5) is 20.3. The zero-order valence-corrected chi connectivity index (χ0v) is 11.7. The number of fused-ring (bicyclic) bond motifs is 1. The molecule has 0 spiro atoms. The van der Waals surface area contributed by atoms with Gasteiger partial charge in [-0.1, -0.05) is 0 Å². The molecule has 8 heteroatoms. The highest BCUT2D eigenvalue weighted by molar-refractivity contribution is 5.89. The topological polar surface area (TPSA) is 105 Å². The van der Waals surface area contributed by atoms with Crippen molar-refractivity contribution in [1.29, 1.82) is 0 Å². The van der Waals surface area contributed by atoms with Crippen LogP contribution in [-0.4, -0.2) is 45.3 Å². The molecule has 108 valence electrons. The number of aromatic nitrogens is 4. The van der Waals surface area contributed by atoms with E-state index in [1.54, 1.807) is 20.0 Å². The monoisotopic (exact) mass is 278 g/mol. The van der Waals surface area contributed by atoms with Gasteiger partial charge in [0.25, 0.3) is 0 Å². The Morgan fingerprint density at radius 3 is 2.95 bits per heavy atom. The van der Waals surface area contributed by atoms with Gasteiger partial charge in [-0.3, -0.25) is 5.10 Å². The minimum absolute atomic E-state index is 0.326. The van der Waals surface area contributed by atoms with Crippen LogP contribution in [0.15, 0.2) is 6.20 Å². The van der Waals surface area contributed by atoms with Crippen LogP contribution in [0.3, 0.4) is 0 Å². The molecule has 0 saturated carbocycles. The van der Waals surface area contributed by atoms with Crippen LogP contribution >= 0.6 is 0 Å². The summed E-state index contributed by atoms with van der Waals surface area (Å²) in [6, 6.07) is -0.502. The molecule has 0 aliphatic rings. The van der Waals surface area contributed by atoms with Crippen molar-refractivity contribution < 1.29 is 9.53 Å². The second-order valence-electron chi connectivity index (χ2n) is 4.18. The van der Waals surface area contributed by atoms with Crippen molar-refractivity contribution in [2.45, 2.75) is 26.8 Å². The molecule has 0 amide bonds. The molecule has 1 atom stereocenters. The van der Waals surface area contributed by atoms with Crippen molar-refractivity contribution >= 4 is 28.8 Å². The van der Waals surface area contributed by atoms with Crippen LogP contribution in [0.5, 0.6) is 0 Å². The number of hydrogen-bond donors (Lipinski definition) is 3. The van der Waals surface area contributed by atoms with Crippen LogP contribution in [0.1, 0.15) is 20.8 Å². The second kappa shape index (κ2) is 6.18. The summed E-state index contributed by atoms with van der Waals surface area (Å²) >= 11 is 0. The van der Waals surface area contributed by atoms with E-state index in [1.165, 1.54) is 0 Å². The van der Waals surface area contributed by atoms with Crippen LogP contribution < -0.4 is 10.6 Å². The quantitative estimate of drug-likeness (QED) is 0.681. The molecule has 20 heavy (non-hydrogen) atoms. The first-order valence-corrected chi connectivity index (χ1v) is 6.53. The number of nitrogens with zero attached hydrogens (tertiary/aromatic N) is 3. The van der Waals surface area contributed by atoms with E-state index >= 15 is 0 Å². The van der Waals surface area contributed by atoms with E-state index < -0.39 is 6.04 Å². The van der Waals surface area contributed by atoms with Crippen molar-refractivity contribution in [3.05, 3.63) is 6.20 Å². The molecular formula is C12H18N6O2. The number of rotatable bonds is 6. The Hall–Kier alpha value is -2.38. The van der Waals surface area contributed by atoms with Crippen molar-refractivity contribution in [3.63, 3.8) is 0 Å². The van der Waals surface area contributed by atoms with Crippen molar-refractivity contribution in [1.82, 2.24) is 20.2 Å². The molecule has 0 fully saturated rings. The van der Waals surface area contributed by atoms with Gasteiger partial charge in [0.15, 0.2) is 5.65 Å². The first-order chi connectivity index (χ1) is 9.65. The fourth-order valence-electron chi connectivity index (χ4n) is 1.71. The molecule has 2 heterocycles. The lowest BCUT2D eigenvalue weighted by Gasteiger charge is -2.14. The van der Waals surface area contributed by atoms with Gasteiger partial charge >= 0.3 is 5.97 Å². The molecule has 0 radical (unpaired) electrons. The number of anilines is 2. The molecule has 2 aromatic heterocycles. The summed E-state index contributed by atoms with van der Waals surface area (Å²) in [7, 11) is 0. The normalized spacial score (nSPS) is 12.2. The lowest BCUT2D eigenvalue weighted by Crippen LogP contribution is -2.28. The number of nitrogens with one attached hydrogen (secondary N) is 3. The summed E-state index contributed by atoms with van der Waals surface area (Å²) in [6.07, 6.45) is 1.62. The molecule has 0 aliphatic heterocycles. The van der Waals surface area contributed by atoms with Gasteiger partial charge in [-0.15, -0.1) is 0 Å². The third-order valence-electron chi connectivity index (χ3n) is 2.64. The van der Waals surface area contributed by atoms with Crippen molar-refractivity contribution in [2.75, 3.05) is 23.8 Å². The highest BCUT2D eigenvalue weighted by Crippen LogP contribution is 2.20. The van der Waals surface area contributed by atoms with Crippen LogP contribution in [0.2, 0.25) is 0 Å². The van der Waals surface area contributed by atoms with E-state index in [-0.39, 0.29) is 5.97 Å². The molecule has 0 aliphatic carbocycles. The largest absolute Gasteiger partial charge is 0.464 e. The zero-order chi connectivity index (χ0) is 14.5. The van der Waals surface area contributed by atoms with E-state index in [2.05, 4.69) is 30.8 Å². The van der Waals surface area contributed by atoms with Crippen molar-refractivity contribution in [2.24, 2.45) is 0 Å². The molecule has 2 aromatic rings. The number of aromatic amines is 1. The van der Waals surface area contributed by atoms with Crippen LogP contribution in [-0.2, 0) is 9.53 Å². The van der Waals surface area contributed by atoms with Crippen LogP contribution in [0, 0.1) is 0 Å². The summed E-state index contributed by atoms with van der Waals surface area (Å²) in [5.74, 6) is 0.691. The van der Waals surface area contributed by atoms with Crippen molar-refractivity contribution in [3.8, 4) is 0 Å². The lowest BCUT2D eigenvalue weighted by atomic mass is 10.3. The first kappa shape index (κ1) is 14.0. The van der Waals surface area contributed by atoms with E-state index in [1.807, 2.05) is 6.92 Å². The number of carbonyl (C=O) groups excluding carboxylic acids is 1. The van der Waals surface area contributed by atoms with Gasteiger partial charge in [0.05, 0.1) is 18.2 Å². The summed E-state index contributed by atoms with van der Waals surface area (Å²) in [5, 5.41) is 13.5. The summed E-state index contributed by atoms with van der Waals surface area (Å²) in [6.45, 7) is 6.49. The smallest absolute Gasteiger partial charge is 0.328 e. The van der Waals surface area contributed by atoms with E-state index in [0.29, 0.717) is 30.6 Å². The zero-order valence-electron chi connectivity index (χ0n) is 11.7. The van der Waals surface area contributed by atoms with Gasteiger partial charge in [-0.25, -0.2) is 4.79 Å². The predicted octanol–water partition coefficient (Wildman–Crippen LogP) is 1.15. The first-order valence-electron chi connectivity index (χ1n) is 6.53. The van der Waals surface area contributed by atoms with E-state index in [9.17, 15) is 4.79 Å². The highest BCUT2D eigenvalue weighted by atomic mass is 16.5. The number of H-pyrrole nitrogens is 1. The third-order valence-corrected chi connectivity index (χ3v) is 2.64. The maximum atomic E-state index is 11.7. The number of ether oxygens (including phenoxy) is 1. The highest BCUT2D eigenvalue weighted by Gasteiger charge is 2.17. The molecule has 2 rings (SSSR count). The molecule has 3 N–H and O–H groups in total. The second-order valence-corrected chi connectivity index (χ2v) is 4.18. The molecule has 8 nitrogen and oxygen atoms in total. The van der Waals surface area contributed by atoms with Gasteiger partial charge in [-0.2, -0.15) is 15.1 Å². The summed E-state index contributed by atoms with van der Waals surface area (Å²) in [5.41, 5.74) is 0.606. The molecule has 1 unspecified atom stereocenters. The molecule has 0 saturated heterocycles. The predicted molar refractivity (Wildman–Crippen MR) is 75.6 cm³/mol. The molecular weight excluding hydrogens is 260 g/mol. The Labute approximate surface area is 116 Å². The van der Waals surface area contributed by atoms with Gasteiger partial charge in [0.2, 0.25) is 5.95 Å². The van der Waals surface area contributed by atoms with Gasteiger partial charge in [0, 0.05) is 6.54 Å². The third kappa shape index (κ3) is 2.95. The summed E-state index contributed by atoms with van der Waals surface area (Å²) < 4.78 is 4.96. The Kier molecular flexibility index (Phi) is 4.34. The Morgan fingerprint density at radius 2 is 2.25 bits per heavy atom. The van der Waals surface area contributed by atoms with E-state index in [0.717, 1.165) is 5.39 Å². The average Bonchev–Trinajstić information content (AvgIpc) is 2.87. The van der Waals surface area contributed by atoms with Crippen LogP contribution in [0.4, 0.5) is 11.8 Å². The van der Waals surface area contributed by atoms with Gasteiger partial charge in [0.1, 0.15) is 11.9 Å². The average molecular weight is 278 g/mol. The minimum Gasteiger partial charge on any atom is -0.464 e. The number of esters is 1. The Morgan fingerprint density at radius 1 is 1.45 bits per heavy atom. The molecule has 0 aromatic carbocycles. The van der Waals surface area contributed by atoms with Crippen LogP contribution in [0.25, 0.3) is 11.0 Å². The maximum absolute atomic E-state index is 11.7. The Balaban J connectivity index is 2.27. The van der Waals surface area contributed by atoms with Gasteiger partial charge < -0.3 is 15.4 Å². The minimum atomic E-state index is -0.502.